The number of nitrogens with one attached hydrogen (secondary N) is 1. The molecule has 26 heavy (non-hydrogen) atoms. The van der Waals surface area contributed by atoms with Crippen molar-refractivity contribution in [1.29, 1.82) is 0 Å². The molecule has 0 spiro atoms. The van der Waals surface area contributed by atoms with Crippen molar-refractivity contribution in [2.75, 3.05) is 11.9 Å². The fourth-order valence-electron chi connectivity index (χ4n) is 2.44. The topological polar surface area (TPSA) is 82.2 Å². The van der Waals surface area contributed by atoms with Crippen LogP contribution in [0.1, 0.15) is 13.8 Å². The van der Waals surface area contributed by atoms with Gasteiger partial charge in [-0.1, -0.05) is 31.2 Å². The van der Waals surface area contributed by atoms with Crippen molar-refractivity contribution in [3.05, 3.63) is 25.0 Å². The Balaban J connectivity index is 2.44. The van der Waals surface area contributed by atoms with Gasteiger partial charge in [0.15, 0.2) is 0 Å². The van der Waals surface area contributed by atoms with E-state index in [0.717, 1.165) is 9.61 Å². The molecule has 144 valence electrons. The third-order valence-corrected chi connectivity index (χ3v) is 7.24. The Morgan fingerprint density at radius 2 is 2.12 bits per heavy atom. The number of nitrogens with zero attached hydrogens (tertiary/aromatic N) is 3. The highest BCUT2D eigenvalue weighted by molar-refractivity contribution is 14.1. The second-order valence-corrected chi connectivity index (χ2v) is 14.7. The van der Waals surface area contributed by atoms with Crippen LogP contribution in [0.2, 0.25) is 30.8 Å². The van der Waals surface area contributed by atoms with Crippen LogP contribution in [0.15, 0.2) is 6.20 Å². The summed E-state index contributed by atoms with van der Waals surface area (Å²) in [6.45, 7) is 11.7. The molecule has 0 unspecified atom stereocenters. The predicted molar refractivity (Wildman–Crippen MR) is 117 cm³/mol. The lowest BCUT2D eigenvalue weighted by atomic mass is 10.2. The van der Waals surface area contributed by atoms with Gasteiger partial charge in [-0.25, -0.2) is 4.98 Å². The molecule has 10 heteroatoms. The summed E-state index contributed by atoms with van der Waals surface area (Å²) in [5, 5.41) is 15.7. The number of pyridine rings is 1. The summed E-state index contributed by atoms with van der Waals surface area (Å²) >= 11 is 8.60. The molecule has 2 heterocycles. The molecule has 0 saturated carbocycles. The van der Waals surface area contributed by atoms with Crippen LogP contribution >= 0.6 is 34.2 Å². The van der Waals surface area contributed by atoms with E-state index in [-0.39, 0.29) is 18.5 Å². The van der Waals surface area contributed by atoms with Gasteiger partial charge < -0.3 is 10.1 Å². The minimum Gasteiger partial charge on any atom is -0.377 e. The molecule has 1 N–H and O–H groups in total. The molecule has 7 nitrogen and oxygen atoms in total. The van der Waals surface area contributed by atoms with E-state index in [1.807, 2.05) is 13.8 Å². The van der Waals surface area contributed by atoms with Crippen LogP contribution in [-0.4, -0.2) is 35.2 Å². The van der Waals surface area contributed by atoms with Gasteiger partial charge in [0.05, 0.1) is 13.9 Å². The predicted octanol–water partition coefficient (Wildman–Crippen LogP) is 5.34. The highest BCUT2D eigenvalue weighted by Crippen LogP contribution is 2.39. The van der Waals surface area contributed by atoms with Gasteiger partial charge in [-0.15, -0.1) is 0 Å². The second-order valence-electron chi connectivity index (χ2n) is 7.65. The lowest BCUT2D eigenvalue weighted by Gasteiger charge is -2.16. The zero-order chi connectivity index (χ0) is 19.6. The summed E-state index contributed by atoms with van der Waals surface area (Å²) in [5.74, 6) is 0. The van der Waals surface area contributed by atoms with Crippen LogP contribution in [0.4, 0.5) is 11.4 Å². The Morgan fingerprint density at radius 3 is 2.65 bits per heavy atom. The van der Waals surface area contributed by atoms with Gasteiger partial charge in [0, 0.05) is 20.7 Å². The van der Waals surface area contributed by atoms with E-state index >= 15 is 0 Å². The zero-order valence-corrected chi connectivity index (χ0v) is 19.5. The maximum absolute atomic E-state index is 11.4. The summed E-state index contributed by atoms with van der Waals surface area (Å²) in [4.78, 5) is 15.3. The van der Waals surface area contributed by atoms with Gasteiger partial charge in [0.1, 0.15) is 29.4 Å². The smallest absolute Gasteiger partial charge is 0.311 e. The average molecular weight is 511 g/mol. The SMILES string of the molecule is CC(C)Nc1c([N+](=O)[O-])cnc2c1c(I)c(Cl)n2COCC[Si](C)(C)C. The number of fused-ring (bicyclic) bond motifs is 1. The monoisotopic (exact) mass is 510 g/mol. The summed E-state index contributed by atoms with van der Waals surface area (Å²) in [5.41, 5.74) is 0.973. The normalized spacial score (nSPS) is 12.2. The second kappa shape index (κ2) is 8.40. The minimum absolute atomic E-state index is 0.0326. The average Bonchev–Trinajstić information content (AvgIpc) is 2.74. The Kier molecular flexibility index (Phi) is 6.91. The van der Waals surface area contributed by atoms with E-state index in [1.165, 1.54) is 6.20 Å². The lowest BCUT2D eigenvalue weighted by molar-refractivity contribution is -0.384. The molecule has 2 rings (SSSR count). The molecule has 2 aromatic heterocycles. The molecular weight excluding hydrogens is 487 g/mol. The third kappa shape index (κ3) is 4.87. The first-order valence-electron chi connectivity index (χ1n) is 8.37. The largest absolute Gasteiger partial charge is 0.377 e. The van der Waals surface area contributed by atoms with E-state index in [9.17, 15) is 10.1 Å². The van der Waals surface area contributed by atoms with E-state index in [4.69, 9.17) is 16.3 Å². The number of hydrogen-bond acceptors (Lipinski definition) is 5. The van der Waals surface area contributed by atoms with Crippen molar-refractivity contribution in [1.82, 2.24) is 9.55 Å². The van der Waals surface area contributed by atoms with Crippen molar-refractivity contribution >= 4 is 64.7 Å². The van der Waals surface area contributed by atoms with Crippen LogP contribution in [0.3, 0.4) is 0 Å². The number of anilines is 1. The van der Waals surface area contributed by atoms with Crippen molar-refractivity contribution in [3.63, 3.8) is 0 Å². The van der Waals surface area contributed by atoms with E-state index in [2.05, 4.69) is 52.5 Å². The van der Waals surface area contributed by atoms with E-state index in [0.29, 0.717) is 28.5 Å². The van der Waals surface area contributed by atoms with Gasteiger partial charge in [-0.05, 0) is 42.5 Å². The molecular formula is C16H24ClIN4O3Si. The van der Waals surface area contributed by atoms with Crippen LogP contribution in [0.5, 0.6) is 0 Å². The van der Waals surface area contributed by atoms with E-state index < -0.39 is 13.0 Å². The number of halogens is 2. The molecule has 0 aliphatic carbocycles. The molecule has 0 amide bonds. The summed E-state index contributed by atoms with van der Waals surface area (Å²) < 4.78 is 8.30. The molecule has 0 fully saturated rings. The summed E-state index contributed by atoms with van der Waals surface area (Å²) in [7, 11) is -1.17. The Hall–Kier alpha value is -0.913. The minimum atomic E-state index is -1.17. The zero-order valence-electron chi connectivity index (χ0n) is 15.6. The number of ether oxygens (including phenoxy) is 1. The first kappa shape index (κ1) is 21.4. The quantitative estimate of drug-likeness (QED) is 0.170. The van der Waals surface area contributed by atoms with Crippen LogP contribution < -0.4 is 5.32 Å². The molecule has 0 atom stereocenters. The molecule has 0 radical (unpaired) electrons. The summed E-state index contributed by atoms with van der Waals surface area (Å²) in [6, 6.07) is 1.09. The maximum atomic E-state index is 11.4. The molecule has 0 aliphatic heterocycles. The molecule has 0 aromatic carbocycles. The van der Waals surface area contributed by atoms with Gasteiger partial charge in [0.2, 0.25) is 0 Å². The summed E-state index contributed by atoms with van der Waals surface area (Å²) in [6.07, 6.45) is 1.28. The third-order valence-electron chi connectivity index (χ3n) is 3.78. The van der Waals surface area contributed by atoms with Crippen molar-refractivity contribution in [2.45, 2.75) is 52.3 Å². The van der Waals surface area contributed by atoms with Crippen LogP contribution in [0.25, 0.3) is 11.0 Å². The Bertz CT molecular complexity index is 820. The molecule has 2 aromatic rings. The number of nitro groups is 1. The van der Waals surface area contributed by atoms with Gasteiger partial charge >= 0.3 is 5.69 Å². The van der Waals surface area contributed by atoms with Gasteiger partial charge in [-0.2, -0.15) is 0 Å². The van der Waals surface area contributed by atoms with Crippen molar-refractivity contribution < 1.29 is 9.66 Å². The fraction of sp³-hybridized carbons (Fsp3) is 0.562. The first-order chi connectivity index (χ1) is 12.0. The highest BCUT2D eigenvalue weighted by Gasteiger charge is 2.26. The number of aromatic nitrogens is 2. The van der Waals surface area contributed by atoms with E-state index in [1.54, 1.807) is 4.57 Å². The first-order valence-corrected chi connectivity index (χ1v) is 13.5. The Morgan fingerprint density at radius 1 is 1.46 bits per heavy atom. The molecule has 0 aliphatic rings. The van der Waals surface area contributed by atoms with Crippen molar-refractivity contribution in [2.24, 2.45) is 0 Å². The fourth-order valence-corrected chi connectivity index (χ4v) is 4.23. The molecule has 0 saturated heterocycles. The van der Waals surface area contributed by atoms with Gasteiger partial charge in [-0.3, -0.25) is 14.7 Å². The molecule has 0 bridgehead atoms. The van der Waals surface area contributed by atoms with Crippen LogP contribution in [0, 0.1) is 13.7 Å². The van der Waals surface area contributed by atoms with Gasteiger partial charge in [0.25, 0.3) is 0 Å². The Labute approximate surface area is 172 Å². The lowest BCUT2D eigenvalue weighted by Crippen LogP contribution is -2.22. The van der Waals surface area contributed by atoms with Crippen LogP contribution in [-0.2, 0) is 11.5 Å². The standard InChI is InChI=1S/C16H24ClIN4O3Si/c1-10(2)20-14-11(22(23)24)8-19-16-12(14)13(18)15(17)21(16)9-25-6-7-26(3,4)5/h8,10H,6-7,9H2,1-5H3,(H,19,20). The van der Waals surface area contributed by atoms with Crippen molar-refractivity contribution in [3.8, 4) is 0 Å². The maximum Gasteiger partial charge on any atom is 0.311 e. The number of hydrogen-bond donors (Lipinski definition) is 1. The highest BCUT2D eigenvalue weighted by atomic mass is 127. The number of rotatable bonds is 8.